The highest BCUT2D eigenvalue weighted by atomic mass is 32.2. The molecular weight excluding hydrogens is 332 g/mol. The van der Waals surface area contributed by atoms with E-state index in [-0.39, 0.29) is 11.7 Å². The molecule has 1 heterocycles. The number of carboxylic acids is 1. The first-order valence-corrected chi connectivity index (χ1v) is 8.96. The van der Waals surface area contributed by atoms with Crippen molar-refractivity contribution in [1.29, 1.82) is 0 Å². The Morgan fingerprint density at radius 2 is 1.75 bits per heavy atom. The van der Waals surface area contributed by atoms with Gasteiger partial charge in [-0.05, 0) is 29.8 Å². The van der Waals surface area contributed by atoms with Gasteiger partial charge in [0.05, 0.1) is 16.1 Å². The average Bonchev–Trinajstić information content (AvgIpc) is 3.19. The van der Waals surface area contributed by atoms with Gasteiger partial charge in [-0.25, -0.2) is 8.42 Å². The van der Waals surface area contributed by atoms with Gasteiger partial charge in [-0.3, -0.25) is 4.79 Å². The molecule has 2 aromatic rings. The molecule has 0 amide bonds. The van der Waals surface area contributed by atoms with E-state index in [2.05, 4.69) is 0 Å². The number of rotatable bonds is 4. The quantitative estimate of drug-likeness (QED) is 0.911. The zero-order valence-electron chi connectivity index (χ0n) is 12.5. The Hall–Kier alpha value is -2.54. The van der Waals surface area contributed by atoms with Crippen LogP contribution in [0, 0.1) is 5.92 Å². The molecule has 6 nitrogen and oxygen atoms in total. The fourth-order valence-corrected chi connectivity index (χ4v) is 5.39. The van der Waals surface area contributed by atoms with Crippen molar-refractivity contribution in [3.05, 3.63) is 54.1 Å². The number of fused-ring (bicyclic) bond motifs is 1. The predicted octanol–water partition coefficient (Wildman–Crippen LogP) is 2.06. The monoisotopic (exact) mass is 346 g/mol. The molecule has 3 atom stereocenters. The number of carboxylic acid groups (broad SMARTS) is 1. The fraction of sp³-hybridized carbons (Fsp3) is 0.235. The van der Waals surface area contributed by atoms with Crippen molar-refractivity contribution >= 4 is 15.8 Å². The molecular formula is C17H14O6S. The molecule has 1 N–H and O–H groups in total. The lowest BCUT2D eigenvalue weighted by atomic mass is 10.1. The maximum absolute atomic E-state index is 12.8. The van der Waals surface area contributed by atoms with Crippen molar-refractivity contribution in [2.24, 2.45) is 5.92 Å². The fourth-order valence-electron chi connectivity index (χ4n) is 3.25. The average molecular weight is 346 g/mol. The normalized spacial score (nSPS) is 24.6. The third-order valence-corrected chi connectivity index (χ3v) is 6.68. The van der Waals surface area contributed by atoms with Gasteiger partial charge in [-0.1, -0.05) is 24.3 Å². The van der Waals surface area contributed by atoms with E-state index in [0.717, 1.165) is 0 Å². The summed E-state index contributed by atoms with van der Waals surface area (Å²) >= 11 is 0. The van der Waals surface area contributed by atoms with E-state index >= 15 is 0 Å². The van der Waals surface area contributed by atoms with Crippen molar-refractivity contribution in [1.82, 2.24) is 0 Å². The zero-order chi connectivity index (χ0) is 16.9. The second-order valence-corrected chi connectivity index (χ2v) is 7.93. The first kappa shape index (κ1) is 15.0. The molecule has 0 saturated heterocycles. The standard InChI is InChI=1S/C17H14O6S/c18-17(19)15-14(10-6-7-12-13(8-10)23-9-22-12)16(15)24(20,21)11-4-2-1-3-5-11/h1-8,14-16H,9H2,(H,18,19)/t14-,15+,16+/m0/s1. The summed E-state index contributed by atoms with van der Waals surface area (Å²) in [4.78, 5) is 11.7. The van der Waals surface area contributed by atoms with E-state index in [9.17, 15) is 18.3 Å². The molecule has 0 unspecified atom stereocenters. The van der Waals surface area contributed by atoms with Crippen molar-refractivity contribution in [2.45, 2.75) is 16.1 Å². The van der Waals surface area contributed by atoms with E-state index in [4.69, 9.17) is 9.47 Å². The number of benzene rings is 2. The third kappa shape index (κ3) is 2.24. The summed E-state index contributed by atoms with van der Waals surface area (Å²) in [5.41, 5.74) is 0.635. The largest absolute Gasteiger partial charge is 0.481 e. The van der Waals surface area contributed by atoms with Gasteiger partial charge in [-0.15, -0.1) is 0 Å². The van der Waals surface area contributed by atoms with Gasteiger partial charge >= 0.3 is 5.97 Å². The predicted molar refractivity (Wildman–Crippen MR) is 83.8 cm³/mol. The van der Waals surface area contributed by atoms with Crippen LogP contribution in [0.4, 0.5) is 0 Å². The van der Waals surface area contributed by atoms with Crippen LogP contribution in [-0.4, -0.2) is 31.5 Å². The summed E-state index contributed by atoms with van der Waals surface area (Å²) < 4.78 is 36.1. The smallest absolute Gasteiger partial charge is 0.308 e. The summed E-state index contributed by atoms with van der Waals surface area (Å²) in [7, 11) is -3.72. The molecule has 0 aromatic heterocycles. The van der Waals surface area contributed by atoms with E-state index in [1.165, 1.54) is 12.1 Å². The zero-order valence-corrected chi connectivity index (χ0v) is 13.3. The van der Waals surface area contributed by atoms with E-state index in [0.29, 0.717) is 17.1 Å². The summed E-state index contributed by atoms with van der Waals surface area (Å²) in [6.07, 6.45) is 0. The van der Waals surface area contributed by atoms with Gasteiger partial charge in [0.25, 0.3) is 0 Å². The third-order valence-electron chi connectivity index (χ3n) is 4.45. The number of hydrogen-bond donors (Lipinski definition) is 1. The van der Waals surface area contributed by atoms with Gasteiger partial charge < -0.3 is 14.6 Å². The van der Waals surface area contributed by atoms with Gasteiger partial charge in [0, 0.05) is 5.92 Å². The Morgan fingerprint density at radius 1 is 1.04 bits per heavy atom. The molecule has 1 fully saturated rings. The molecule has 0 radical (unpaired) electrons. The Bertz CT molecular complexity index is 906. The lowest BCUT2D eigenvalue weighted by molar-refractivity contribution is -0.138. The second-order valence-electron chi connectivity index (χ2n) is 5.83. The number of carbonyl (C=O) groups is 1. The van der Waals surface area contributed by atoms with Crippen LogP contribution in [0.5, 0.6) is 11.5 Å². The highest BCUT2D eigenvalue weighted by molar-refractivity contribution is 7.92. The van der Waals surface area contributed by atoms with Crippen LogP contribution in [0.25, 0.3) is 0 Å². The molecule has 1 saturated carbocycles. The Balaban J connectivity index is 1.72. The SMILES string of the molecule is O=C(O)[C@@H]1[C@H](c2ccc3c(c2)OCO3)[C@H]1S(=O)(=O)c1ccccc1. The first-order valence-electron chi connectivity index (χ1n) is 7.41. The molecule has 1 aliphatic carbocycles. The van der Waals surface area contributed by atoms with E-state index < -0.39 is 32.9 Å². The van der Waals surface area contributed by atoms with Crippen LogP contribution in [0.3, 0.4) is 0 Å². The lowest BCUT2D eigenvalue weighted by Crippen LogP contribution is -2.13. The Labute approximate surface area is 138 Å². The minimum Gasteiger partial charge on any atom is -0.481 e. The van der Waals surface area contributed by atoms with Crippen molar-refractivity contribution in [2.75, 3.05) is 6.79 Å². The summed E-state index contributed by atoms with van der Waals surface area (Å²) in [6, 6.07) is 13.0. The van der Waals surface area contributed by atoms with Crippen molar-refractivity contribution in [3.63, 3.8) is 0 Å². The maximum Gasteiger partial charge on any atom is 0.308 e. The van der Waals surface area contributed by atoms with E-state index in [1.54, 1.807) is 36.4 Å². The van der Waals surface area contributed by atoms with Gasteiger partial charge in [0.2, 0.25) is 6.79 Å². The maximum atomic E-state index is 12.8. The highest BCUT2D eigenvalue weighted by Crippen LogP contribution is 2.55. The summed E-state index contributed by atoms with van der Waals surface area (Å²) in [5, 5.41) is 8.46. The minimum atomic E-state index is -3.72. The second kappa shape index (κ2) is 5.24. The van der Waals surface area contributed by atoms with Gasteiger partial charge in [0.15, 0.2) is 21.3 Å². The Kier molecular flexibility index (Phi) is 3.28. The summed E-state index contributed by atoms with van der Waals surface area (Å²) in [6.45, 7) is 0.109. The number of hydrogen-bond acceptors (Lipinski definition) is 5. The molecule has 2 aromatic carbocycles. The minimum absolute atomic E-state index is 0.109. The van der Waals surface area contributed by atoms with Gasteiger partial charge in [0.1, 0.15) is 0 Å². The van der Waals surface area contributed by atoms with Crippen LogP contribution in [0.2, 0.25) is 0 Å². The number of sulfone groups is 1. The summed E-state index contributed by atoms with van der Waals surface area (Å²) in [5.74, 6) is -1.58. The lowest BCUT2D eigenvalue weighted by Gasteiger charge is -2.04. The molecule has 2 aliphatic rings. The number of aliphatic carboxylic acids is 1. The van der Waals surface area contributed by atoms with Crippen LogP contribution in [-0.2, 0) is 14.6 Å². The highest BCUT2D eigenvalue weighted by Gasteiger charge is 2.63. The van der Waals surface area contributed by atoms with Gasteiger partial charge in [-0.2, -0.15) is 0 Å². The van der Waals surface area contributed by atoms with Crippen LogP contribution in [0.15, 0.2) is 53.4 Å². The topological polar surface area (TPSA) is 89.9 Å². The van der Waals surface area contributed by atoms with Crippen LogP contribution < -0.4 is 9.47 Å². The molecule has 0 bridgehead atoms. The molecule has 7 heteroatoms. The molecule has 124 valence electrons. The molecule has 1 aliphatic heterocycles. The first-order chi connectivity index (χ1) is 11.5. The molecule has 4 rings (SSSR count). The van der Waals surface area contributed by atoms with Crippen LogP contribution in [0.1, 0.15) is 11.5 Å². The molecule has 0 spiro atoms. The van der Waals surface area contributed by atoms with Crippen molar-refractivity contribution < 1.29 is 27.8 Å². The number of ether oxygens (including phenoxy) is 2. The van der Waals surface area contributed by atoms with E-state index in [1.807, 2.05) is 0 Å². The van der Waals surface area contributed by atoms with Crippen molar-refractivity contribution in [3.8, 4) is 11.5 Å². The Morgan fingerprint density at radius 3 is 2.46 bits per heavy atom. The molecule has 24 heavy (non-hydrogen) atoms. The van der Waals surface area contributed by atoms with Crippen LogP contribution >= 0.6 is 0 Å².